The largest absolute Gasteiger partial charge is 0.496 e. The maximum absolute atomic E-state index is 14.3. The minimum absolute atomic E-state index is 0.0161. The Morgan fingerprint density at radius 2 is 1.83 bits per heavy atom. The van der Waals surface area contributed by atoms with Gasteiger partial charge in [-0.3, -0.25) is 4.98 Å². The summed E-state index contributed by atoms with van der Waals surface area (Å²) in [5.41, 5.74) is 7.78. The van der Waals surface area contributed by atoms with E-state index >= 15 is 0 Å². The fourth-order valence-electron chi connectivity index (χ4n) is 3.69. The monoisotopic (exact) mass is 409 g/mol. The van der Waals surface area contributed by atoms with Gasteiger partial charge in [-0.05, 0) is 46.5 Å². The Bertz CT molecular complexity index is 1100. The van der Waals surface area contributed by atoms with Gasteiger partial charge in [0.15, 0.2) is 5.54 Å². The fourth-order valence-corrected chi connectivity index (χ4v) is 3.69. The molecule has 1 unspecified atom stereocenters. The molecule has 1 aliphatic rings. The van der Waals surface area contributed by atoms with Gasteiger partial charge >= 0.3 is 0 Å². The van der Waals surface area contributed by atoms with E-state index in [-0.39, 0.29) is 23.9 Å². The SMILES string of the molecule is COc1ccc(C2(c3cccc(-c4cccnc4)c3)COC(N)=N2)cc1C(C)(F)F. The van der Waals surface area contributed by atoms with Crippen LogP contribution in [0.25, 0.3) is 11.1 Å². The molecule has 0 saturated heterocycles. The van der Waals surface area contributed by atoms with Crippen LogP contribution in [0.2, 0.25) is 0 Å². The molecule has 7 heteroatoms. The highest BCUT2D eigenvalue weighted by molar-refractivity contribution is 5.76. The molecular weight excluding hydrogens is 388 g/mol. The number of pyridine rings is 1. The molecule has 0 spiro atoms. The lowest BCUT2D eigenvalue weighted by Gasteiger charge is -2.27. The van der Waals surface area contributed by atoms with Gasteiger partial charge in [0.05, 0.1) is 12.7 Å². The maximum Gasteiger partial charge on any atom is 0.283 e. The zero-order valence-electron chi connectivity index (χ0n) is 16.6. The predicted molar refractivity (Wildman–Crippen MR) is 111 cm³/mol. The summed E-state index contributed by atoms with van der Waals surface area (Å²) in [6.45, 7) is 0.948. The molecule has 0 bridgehead atoms. The maximum atomic E-state index is 14.3. The lowest BCUT2D eigenvalue weighted by molar-refractivity contribution is 0.0149. The normalized spacial score (nSPS) is 18.6. The van der Waals surface area contributed by atoms with Crippen molar-refractivity contribution in [1.29, 1.82) is 0 Å². The third-order valence-electron chi connectivity index (χ3n) is 5.21. The van der Waals surface area contributed by atoms with Crippen molar-refractivity contribution in [2.75, 3.05) is 13.7 Å². The zero-order chi connectivity index (χ0) is 21.4. The van der Waals surface area contributed by atoms with Gasteiger partial charge in [-0.2, -0.15) is 0 Å². The van der Waals surface area contributed by atoms with Gasteiger partial charge < -0.3 is 15.2 Å². The molecule has 1 aromatic heterocycles. The van der Waals surface area contributed by atoms with Crippen LogP contribution in [0.15, 0.2) is 72.0 Å². The van der Waals surface area contributed by atoms with Crippen molar-refractivity contribution in [2.45, 2.75) is 18.4 Å². The Labute approximate surface area is 173 Å². The third kappa shape index (κ3) is 3.47. The van der Waals surface area contributed by atoms with E-state index < -0.39 is 11.5 Å². The first-order valence-corrected chi connectivity index (χ1v) is 9.39. The second-order valence-corrected chi connectivity index (χ2v) is 7.22. The Morgan fingerprint density at radius 1 is 1.07 bits per heavy atom. The minimum atomic E-state index is -3.09. The molecule has 2 aromatic carbocycles. The van der Waals surface area contributed by atoms with Crippen LogP contribution < -0.4 is 10.5 Å². The van der Waals surface area contributed by atoms with Gasteiger partial charge in [-0.15, -0.1) is 0 Å². The van der Waals surface area contributed by atoms with Crippen molar-refractivity contribution >= 4 is 6.02 Å². The second kappa shape index (κ2) is 7.40. The lowest BCUT2D eigenvalue weighted by Crippen LogP contribution is -2.28. The standard InChI is InChI=1S/C23H21F2N3O2/c1-22(24,25)19-12-18(8-9-20(19)29-2)23(14-30-21(26)28-23)17-7-3-5-15(11-17)16-6-4-10-27-13-16/h3-13H,14H2,1-2H3,(H2,26,28). The lowest BCUT2D eigenvalue weighted by atomic mass is 9.82. The number of nitrogens with two attached hydrogens (primary N) is 1. The van der Waals surface area contributed by atoms with Crippen molar-refractivity contribution in [3.63, 3.8) is 0 Å². The van der Waals surface area contributed by atoms with Crippen LogP contribution in [0.1, 0.15) is 23.6 Å². The zero-order valence-corrected chi connectivity index (χ0v) is 16.6. The van der Waals surface area contributed by atoms with Crippen LogP contribution in [-0.2, 0) is 16.2 Å². The summed E-state index contributed by atoms with van der Waals surface area (Å²) in [7, 11) is 1.37. The van der Waals surface area contributed by atoms with Crippen molar-refractivity contribution in [3.8, 4) is 16.9 Å². The van der Waals surface area contributed by atoms with E-state index in [0.29, 0.717) is 5.56 Å². The van der Waals surface area contributed by atoms with E-state index in [2.05, 4.69) is 9.98 Å². The second-order valence-electron chi connectivity index (χ2n) is 7.22. The van der Waals surface area contributed by atoms with Crippen molar-refractivity contribution in [3.05, 3.63) is 83.7 Å². The Balaban J connectivity index is 1.89. The number of alkyl halides is 2. The van der Waals surface area contributed by atoms with Crippen molar-refractivity contribution in [2.24, 2.45) is 10.7 Å². The Morgan fingerprint density at radius 3 is 2.47 bits per heavy atom. The molecule has 154 valence electrons. The average Bonchev–Trinajstić information content (AvgIpc) is 3.16. The number of rotatable bonds is 5. The molecule has 1 atom stereocenters. The Kier molecular flexibility index (Phi) is 4.89. The van der Waals surface area contributed by atoms with Gasteiger partial charge in [-0.1, -0.05) is 30.3 Å². The molecule has 2 N–H and O–H groups in total. The molecule has 0 radical (unpaired) electrons. The first kappa shape index (κ1) is 19.8. The molecule has 0 fully saturated rings. The highest BCUT2D eigenvalue weighted by Crippen LogP contribution is 2.43. The smallest absolute Gasteiger partial charge is 0.283 e. The summed E-state index contributed by atoms with van der Waals surface area (Å²) in [4.78, 5) is 8.71. The number of halogens is 2. The number of hydrogen-bond acceptors (Lipinski definition) is 5. The Hall–Kier alpha value is -3.48. The topological polar surface area (TPSA) is 69.7 Å². The molecular formula is C23H21F2N3O2. The molecule has 0 aliphatic carbocycles. The van der Waals surface area contributed by atoms with Gasteiger partial charge in [0, 0.05) is 19.3 Å². The summed E-state index contributed by atoms with van der Waals surface area (Å²) >= 11 is 0. The number of methoxy groups -OCH3 is 1. The van der Waals surface area contributed by atoms with Crippen LogP contribution >= 0.6 is 0 Å². The van der Waals surface area contributed by atoms with Gasteiger partial charge in [0.1, 0.15) is 12.4 Å². The van der Waals surface area contributed by atoms with E-state index in [1.54, 1.807) is 18.5 Å². The molecule has 2 heterocycles. The van der Waals surface area contributed by atoms with E-state index in [9.17, 15) is 8.78 Å². The highest BCUT2D eigenvalue weighted by Gasteiger charge is 2.42. The fraction of sp³-hybridized carbons (Fsp3) is 0.217. The molecule has 1 aliphatic heterocycles. The summed E-state index contributed by atoms with van der Waals surface area (Å²) < 4.78 is 39.2. The number of aromatic nitrogens is 1. The van der Waals surface area contributed by atoms with Gasteiger partial charge in [-0.25, -0.2) is 13.8 Å². The van der Waals surface area contributed by atoms with Crippen molar-refractivity contribution in [1.82, 2.24) is 4.98 Å². The highest BCUT2D eigenvalue weighted by atomic mass is 19.3. The molecule has 0 saturated carbocycles. The predicted octanol–water partition coefficient (Wildman–Crippen LogP) is 4.46. The van der Waals surface area contributed by atoms with E-state index in [1.165, 1.54) is 19.2 Å². The molecule has 3 aromatic rings. The number of amidine groups is 1. The average molecular weight is 409 g/mol. The number of hydrogen-bond donors (Lipinski definition) is 1. The third-order valence-corrected chi connectivity index (χ3v) is 5.21. The number of nitrogens with zero attached hydrogens (tertiary/aromatic N) is 2. The van der Waals surface area contributed by atoms with Crippen LogP contribution in [0.5, 0.6) is 5.75 Å². The van der Waals surface area contributed by atoms with E-state index in [1.807, 2.05) is 36.4 Å². The van der Waals surface area contributed by atoms with Crippen LogP contribution in [0.3, 0.4) is 0 Å². The quantitative estimate of drug-likeness (QED) is 0.676. The van der Waals surface area contributed by atoms with Gasteiger partial charge in [0.2, 0.25) is 0 Å². The van der Waals surface area contributed by atoms with Crippen LogP contribution in [-0.4, -0.2) is 24.7 Å². The number of ether oxygens (including phenoxy) is 2. The molecule has 4 rings (SSSR count). The molecule has 30 heavy (non-hydrogen) atoms. The van der Waals surface area contributed by atoms with E-state index in [0.717, 1.165) is 23.6 Å². The molecule has 5 nitrogen and oxygen atoms in total. The van der Waals surface area contributed by atoms with Crippen molar-refractivity contribution < 1.29 is 18.3 Å². The van der Waals surface area contributed by atoms with Crippen LogP contribution in [0, 0.1) is 0 Å². The van der Waals surface area contributed by atoms with E-state index in [4.69, 9.17) is 15.2 Å². The number of aliphatic imine (C=N–C) groups is 1. The summed E-state index contributed by atoms with van der Waals surface area (Å²) in [6, 6.07) is 16.2. The van der Waals surface area contributed by atoms with Gasteiger partial charge in [0.25, 0.3) is 11.9 Å². The summed E-state index contributed by atoms with van der Waals surface area (Å²) in [5, 5.41) is 0. The first-order valence-electron chi connectivity index (χ1n) is 9.39. The summed E-state index contributed by atoms with van der Waals surface area (Å²) in [5.74, 6) is -2.98. The minimum Gasteiger partial charge on any atom is -0.496 e. The number of benzene rings is 2. The first-order chi connectivity index (χ1) is 14.3. The molecule has 0 amide bonds. The van der Waals surface area contributed by atoms with Crippen LogP contribution in [0.4, 0.5) is 8.78 Å². The summed E-state index contributed by atoms with van der Waals surface area (Å²) in [6.07, 6.45) is 3.46.